The van der Waals surface area contributed by atoms with E-state index >= 15 is 0 Å². The number of hydrogen-bond donors (Lipinski definition) is 0. The highest BCUT2D eigenvalue weighted by atomic mass is 79.9. The van der Waals surface area contributed by atoms with Crippen molar-refractivity contribution in [3.8, 4) is 11.4 Å². The van der Waals surface area contributed by atoms with Crippen molar-refractivity contribution in [2.24, 2.45) is 0 Å². The maximum Gasteiger partial charge on any atom is 0.261 e. The number of rotatable bonds is 7. The van der Waals surface area contributed by atoms with Gasteiger partial charge in [-0.2, -0.15) is 5.10 Å². The van der Waals surface area contributed by atoms with Gasteiger partial charge in [0.05, 0.1) is 47.8 Å². The largest absolute Gasteiger partial charge is 0.497 e. The van der Waals surface area contributed by atoms with Gasteiger partial charge in [0.25, 0.3) is 11.5 Å². The number of carbonyl (C=O) groups excluding carboxylic acids is 1. The molecule has 12 heteroatoms. The van der Waals surface area contributed by atoms with Gasteiger partial charge in [-0.3, -0.25) is 14.2 Å². The normalized spacial score (nSPS) is 13.2. The second-order valence-electron chi connectivity index (χ2n) is 10.3. The minimum absolute atomic E-state index is 0.120. The summed E-state index contributed by atoms with van der Waals surface area (Å²) in [6.07, 6.45) is 1.80. The molecule has 0 saturated heterocycles. The van der Waals surface area contributed by atoms with E-state index in [2.05, 4.69) is 21.0 Å². The van der Waals surface area contributed by atoms with Crippen molar-refractivity contribution in [1.82, 2.24) is 19.1 Å². The molecule has 1 aliphatic rings. The standard InChI is InChI=1S/C31H26BrClN4O5S/c1-42-24-10-8-23(9-11-24)36-29-22(19-43(40,41)18-20-5-3-2-4-6-20)16-34-37(29)28-17-35(14-13-25(28)31(36)39)30(38)21-7-12-26(32)27(33)15-21/h2-12,15-16H,13-14,17-19H2,1H3. The summed E-state index contributed by atoms with van der Waals surface area (Å²) in [6.45, 7) is 0.442. The molecule has 0 unspecified atom stereocenters. The van der Waals surface area contributed by atoms with Gasteiger partial charge in [0.2, 0.25) is 0 Å². The summed E-state index contributed by atoms with van der Waals surface area (Å²) in [5.41, 5.74) is 3.14. The highest BCUT2D eigenvalue weighted by Gasteiger charge is 2.30. The molecule has 3 heterocycles. The van der Waals surface area contributed by atoms with Gasteiger partial charge in [0.15, 0.2) is 9.84 Å². The van der Waals surface area contributed by atoms with Gasteiger partial charge in [0, 0.05) is 27.7 Å². The zero-order valence-corrected chi connectivity index (χ0v) is 26.2. The van der Waals surface area contributed by atoms with E-state index in [1.165, 1.54) is 10.8 Å². The minimum Gasteiger partial charge on any atom is -0.497 e. The number of aromatic nitrogens is 3. The van der Waals surface area contributed by atoms with Crippen molar-refractivity contribution >= 4 is 48.9 Å². The molecule has 3 aromatic carbocycles. The van der Waals surface area contributed by atoms with Crippen LogP contribution in [0.4, 0.5) is 0 Å². The van der Waals surface area contributed by atoms with E-state index in [1.807, 2.05) is 6.07 Å². The quantitative estimate of drug-likeness (QED) is 0.233. The van der Waals surface area contributed by atoms with Crippen LogP contribution in [0.2, 0.25) is 5.02 Å². The lowest BCUT2D eigenvalue weighted by molar-refractivity contribution is 0.0729. The maximum atomic E-state index is 14.1. The highest BCUT2D eigenvalue weighted by Crippen LogP contribution is 2.28. The van der Waals surface area contributed by atoms with Crippen LogP contribution in [0.5, 0.6) is 5.75 Å². The van der Waals surface area contributed by atoms with Crippen LogP contribution >= 0.6 is 27.5 Å². The number of halogens is 2. The lowest BCUT2D eigenvalue weighted by Crippen LogP contribution is -2.41. The van der Waals surface area contributed by atoms with Crippen molar-refractivity contribution in [3.05, 3.63) is 127 Å². The fourth-order valence-electron chi connectivity index (χ4n) is 5.39. The molecule has 0 saturated carbocycles. The number of amides is 1. The molecule has 0 radical (unpaired) electrons. The SMILES string of the molecule is COc1ccc(-n2c(=O)c3c(n4ncc(CS(=O)(=O)Cc5ccccc5)c24)CN(C(=O)c2ccc(Br)c(Cl)c2)CC3)cc1. The van der Waals surface area contributed by atoms with Crippen LogP contribution in [0.15, 0.2) is 88.3 Å². The van der Waals surface area contributed by atoms with E-state index in [-0.39, 0.29) is 29.5 Å². The number of ether oxygens (including phenoxy) is 1. The van der Waals surface area contributed by atoms with E-state index in [9.17, 15) is 18.0 Å². The smallest absolute Gasteiger partial charge is 0.261 e. The van der Waals surface area contributed by atoms with Crippen LogP contribution in [0.3, 0.4) is 0 Å². The predicted octanol–water partition coefficient (Wildman–Crippen LogP) is 5.22. The Morgan fingerprint density at radius 1 is 1.05 bits per heavy atom. The van der Waals surface area contributed by atoms with Crippen molar-refractivity contribution in [2.45, 2.75) is 24.5 Å². The number of hydrogen-bond acceptors (Lipinski definition) is 6. The van der Waals surface area contributed by atoms with E-state index in [0.717, 1.165) is 0 Å². The van der Waals surface area contributed by atoms with Crippen LogP contribution in [0, 0.1) is 0 Å². The van der Waals surface area contributed by atoms with Crippen molar-refractivity contribution in [2.75, 3.05) is 13.7 Å². The lowest BCUT2D eigenvalue weighted by Gasteiger charge is -2.29. The monoisotopic (exact) mass is 680 g/mol. The molecule has 0 N–H and O–H groups in total. The third-order valence-corrected chi connectivity index (χ3v) is 10.2. The van der Waals surface area contributed by atoms with Gasteiger partial charge in [-0.15, -0.1) is 0 Å². The third kappa shape index (κ3) is 5.72. The summed E-state index contributed by atoms with van der Waals surface area (Å²) >= 11 is 9.60. The molecule has 0 aliphatic carbocycles. The molecule has 1 amide bonds. The zero-order valence-electron chi connectivity index (χ0n) is 23.0. The Labute approximate surface area is 261 Å². The van der Waals surface area contributed by atoms with Gasteiger partial charge >= 0.3 is 0 Å². The van der Waals surface area contributed by atoms with Crippen molar-refractivity contribution in [1.29, 1.82) is 0 Å². The van der Waals surface area contributed by atoms with Gasteiger partial charge in [-0.25, -0.2) is 12.9 Å². The van der Waals surface area contributed by atoms with E-state index in [4.69, 9.17) is 16.3 Å². The molecule has 9 nitrogen and oxygen atoms in total. The fraction of sp³-hybridized carbons (Fsp3) is 0.194. The molecule has 6 rings (SSSR count). The molecule has 220 valence electrons. The highest BCUT2D eigenvalue weighted by molar-refractivity contribution is 9.10. The summed E-state index contributed by atoms with van der Waals surface area (Å²) in [7, 11) is -2.07. The molecule has 2 aromatic heterocycles. The summed E-state index contributed by atoms with van der Waals surface area (Å²) < 4.78 is 35.8. The number of sulfone groups is 1. The van der Waals surface area contributed by atoms with Gasteiger partial charge in [0.1, 0.15) is 11.4 Å². The minimum atomic E-state index is -3.63. The number of nitrogens with zero attached hydrogens (tertiary/aromatic N) is 4. The first-order valence-corrected chi connectivity index (χ1v) is 16.4. The molecule has 5 aromatic rings. The van der Waals surface area contributed by atoms with E-state index in [1.54, 1.807) is 83.3 Å². The van der Waals surface area contributed by atoms with Crippen LogP contribution in [-0.2, 0) is 34.3 Å². The van der Waals surface area contributed by atoms with Crippen molar-refractivity contribution < 1.29 is 17.9 Å². The Morgan fingerprint density at radius 2 is 1.79 bits per heavy atom. The average molecular weight is 682 g/mol. The molecule has 0 bridgehead atoms. The Kier molecular flexibility index (Phi) is 7.89. The third-order valence-electron chi connectivity index (χ3n) is 7.46. The Bertz CT molecular complexity index is 2030. The van der Waals surface area contributed by atoms with Crippen LogP contribution in [-0.4, -0.2) is 47.1 Å². The molecule has 0 atom stereocenters. The molecular weight excluding hydrogens is 656 g/mol. The van der Waals surface area contributed by atoms with Crippen LogP contribution in [0.25, 0.3) is 11.3 Å². The summed E-state index contributed by atoms with van der Waals surface area (Å²) in [5, 5.41) is 5.00. The maximum absolute atomic E-state index is 14.1. The van der Waals surface area contributed by atoms with E-state index < -0.39 is 9.84 Å². The first-order chi connectivity index (χ1) is 20.6. The van der Waals surface area contributed by atoms with Crippen molar-refractivity contribution in [3.63, 3.8) is 0 Å². The molecule has 1 aliphatic heterocycles. The average Bonchev–Trinajstić information content (AvgIpc) is 3.41. The van der Waals surface area contributed by atoms with Crippen LogP contribution in [0.1, 0.15) is 32.7 Å². The van der Waals surface area contributed by atoms with Crippen LogP contribution < -0.4 is 10.3 Å². The second kappa shape index (κ2) is 11.6. The number of carbonyl (C=O) groups is 1. The molecule has 0 fully saturated rings. The summed E-state index contributed by atoms with van der Waals surface area (Å²) in [6, 6.07) is 20.9. The second-order valence-corrected chi connectivity index (χ2v) is 13.6. The number of fused-ring (bicyclic) bond motifs is 3. The number of methoxy groups -OCH3 is 1. The lowest BCUT2D eigenvalue weighted by atomic mass is 10.0. The van der Waals surface area contributed by atoms with Gasteiger partial charge in [-0.05, 0) is 70.4 Å². The summed E-state index contributed by atoms with van der Waals surface area (Å²) in [4.78, 5) is 29.2. The van der Waals surface area contributed by atoms with Gasteiger partial charge < -0.3 is 9.64 Å². The zero-order chi connectivity index (χ0) is 30.3. The fourth-order valence-corrected chi connectivity index (χ4v) is 7.30. The predicted molar refractivity (Wildman–Crippen MR) is 168 cm³/mol. The topological polar surface area (TPSA) is 103 Å². The first kappa shape index (κ1) is 29.2. The molecule has 0 spiro atoms. The summed E-state index contributed by atoms with van der Waals surface area (Å²) in [5.74, 6) is -0.0849. The number of benzene rings is 3. The Balaban J connectivity index is 1.46. The molecule has 43 heavy (non-hydrogen) atoms. The van der Waals surface area contributed by atoms with E-state index in [0.29, 0.717) is 67.5 Å². The van der Waals surface area contributed by atoms with Gasteiger partial charge in [-0.1, -0.05) is 41.9 Å². The Hall–Kier alpha value is -3.93. The first-order valence-electron chi connectivity index (χ1n) is 13.4. The molecular formula is C31H26BrClN4O5S. The Morgan fingerprint density at radius 3 is 2.49 bits per heavy atom.